The van der Waals surface area contributed by atoms with E-state index in [0.717, 1.165) is 0 Å². The van der Waals surface area contributed by atoms with Crippen LogP contribution in [0.1, 0.15) is 13.3 Å². The minimum atomic E-state index is -1.01. The summed E-state index contributed by atoms with van der Waals surface area (Å²) in [6, 6.07) is -0.878. The molecule has 0 radical (unpaired) electrons. The first-order valence-corrected chi connectivity index (χ1v) is 3.60. The van der Waals surface area contributed by atoms with Gasteiger partial charge in [0.1, 0.15) is 12.4 Å². The molecule has 1 heterocycles. The third-order valence-electron chi connectivity index (χ3n) is 1.72. The molecule has 12 heavy (non-hydrogen) atoms. The Bertz CT molecular complexity index is 235. The molecule has 0 aromatic carbocycles. The molecule has 0 aromatic heterocycles. The zero-order chi connectivity index (χ0) is 9.19. The molecule has 0 amide bonds. The van der Waals surface area contributed by atoms with Gasteiger partial charge in [0.2, 0.25) is 0 Å². The summed E-state index contributed by atoms with van der Waals surface area (Å²) in [7, 11) is 0. The zero-order valence-electron chi connectivity index (χ0n) is 6.77. The van der Waals surface area contributed by atoms with Crippen LogP contribution in [0.5, 0.6) is 0 Å². The van der Waals surface area contributed by atoms with E-state index >= 15 is 0 Å². The Labute approximate surface area is 70.0 Å². The first-order chi connectivity index (χ1) is 5.53. The molecular weight excluding hydrogens is 158 g/mol. The van der Waals surface area contributed by atoms with Crippen LogP contribution in [0.25, 0.3) is 0 Å². The van der Waals surface area contributed by atoms with Crippen LogP contribution in [0, 0.1) is 0 Å². The van der Waals surface area contributed by atoms with E-state index in [-0.39, 0.29) is 6.42 Å². The lowest BCUT2D eigenvalue weighted by atomic mass is 9.96. The van der Waals surface area contributed by atoms with Crippen molar-refractivity contribution in [2.24, 2.45) is 15.7 Å². The lowest BCUT2D eigenvalue weighted by Gasteiger charge is -2.18. The lowest BCUT2D eigenvalue weighted by molar-refractivity contribution is -0.138. The molecule has 1 aliphatic rings. The summed E-state index contributed by atoms with van der Waals surface area (Å²) >= 11 is 0. The Kier molecular flexibility index (Phi) is 2.23. The number of aliphatic imine (C=N–C) groups is 2. The van der Waals surface area contributed by atoms with Gasteiger partial charge >= 0.3 is 5.97 Å². The SMILES string of the molecule is CC1(C[C@H](N)C(=O)O)C=NC=N1. The first-order valence-electron chi connectivity index (χ1n) is 3.60. The highest BCUT2D eigenvalue weighted by Gasteiger charge is 2.28. The van der Waals surface area contributed by atoms with Crippen molar-refractivity contribution in [2.45, 2.75) is 24.9 Å². The van der Waals surface area contributed by atoms with Crippen molar-refractivity contribution >= 4 is 18.5 Å². The standard InChI is InChI=1S/C7H11N3O2/c1-7(3-9-4-10-7)2-5(8)6(11)12/h3-5H,2,8H2,1H3,(H,11,12)/t5-,7?/m0/s1. The molecule has 0 bridgehead atoms. The van der Waals surface area contributed by atoms with Crippen molar-refractivity contribution in [2.75, 3.05) is 0 Å². The van der Waals surface area contributed by atoms with Gasteiger partial charge in [-0.25, -0.2) is 4.99 Å². The Morgan fingerprint density at radius 2 is 2.50 bits per heavy atom. The fourth-order valence-electron chi connectivity index (χ4n) is 1.03. The molecule has 2 atom stereocenters. The number of hydrogen-bond acceptors (Lipinski definition) is 4. The van der Waals surface area contributed by atoms with Gasteiger partial charge in [-0.2, -0.15) is 0 Å². The maximum absolute atomic E-state index is 10.4. The van der Waals surface area contributed by atoms with Gasteiger partial charge in [0.25, 0.3) is 0 Å². The maximum Gasteiger partial charge on any atom is 0.320 e. The zero-order valence-corrected chi connectivity index (χ0v) is 6.77. The van der Waals surface area contributed by atoms with E-state index in [1.54, 1.807) is 13.1 Å². The molecule has 3 N–H and O–H groups in total. The number of carboxylic acids is 1. The molecule has 0 fully saturated rings. The van der Waals surface area contributed by atoms with Crippen molar-refractivity contribution in [1.82, 2.24) is 0 Å². The van der Waals surface area contributed by atoms with Crippen LogP contribution in [-0.2, 0) is 4.79 Å². The van der Waals surface area contributed by atoms with Crippen LogP contribution in [0.4, 0.5) is 0 Å². The highest BCUT2D eigenvalue weighted by Crippen LogP contribution is 2.17. The highest BCUT2D eigenvalue weighted by molar-refractivity contribution is 5.86. The Morgan fingerprint density at radius 1 is 1.83 bits per heavy atom. The fourth-order valence-corrected chi connectivity index (χ4v) is 1.03. The molecule has 1 unspecified atom stereocenters. The molecular formula is C7H11N3O2. The molecule has 0 aromatic rings. The number of carbonyl (C=O) groups is 1. The van der Waals surface area contributed by atoms with E-state index < -0.39 is 17.6 Å². The lowest BCUT2D eigenvalue weighted by Crippen LogP contribution is -2.38. The summed E-state index contributed by atoms with van der Waals surface area (Å²) in [5.41, 5.74) is 4.82. The van der Waals surface area contributed by atoms with Crippen LogP contribution in [0.3, 0.4) is 0 Å². The summed E-state index contributed by atoms with van der Waals surface area (Å²) in [5, 5.41) is 8.54. The van der Waals surface area contributed by atoms with Crippen LogP contribution in [0.15, 0.2) is 9.98 Å². The topological polar surface area (TPSA) is 88.0 Å². The number of nitrogens with zero attached hydrogens (tertiary/aromatic N) is 2. The van der Waals surface area contributed by atoms with E-state index in [1.165, 1.54) is 6.34 Å². The second-order valence-electron chi connectivity index (χ2n) is 3.03. The third kappa shape index (κ3) is 1.88. The number of carboxylic acid groups (broad SMARTS) is 1. The molecule has 66 valence electrons. The van der Waals surface area contributed by atoms with Crippen molar-refractivity contribution in [3.8, 4) is 0 Å². The van der Waals surface area contributed by atoms with E-state index in [9.17, 15) is 4.79 Å². The predicted octanol–water partition coefficient (Wildman–Crippen LogP) is -0.340. The summed E-state index contributed by atoms with van der Waals surface area (Å²) in [4.78, 5) is 18.2. The van der Waals surface area contributed by atoms with Gasteiger partial charge in [-0.05, 0) is 6.92 Å². The first kappa shape index (κ1) is 8.86. The summed E-state index contributed by atoms with van der Waals surface area (Å²) in [6.07, 6.45) is 3.30. The number of hydrogen-bond donors (Lipinski definition) is 2. The third-order valence-corrected chi connectivity index (χ3v) is 1.72. The van der Waals surface area contributed by atoms with Crippen LogP contribution in [-0.4, -0.2) is 35.2 Å². The van der Waals surface area contributed by atoms with Crippen molar-refractivity contribution in [3.63, 3.8) is 0 Å². The van der Waals surface area contributed by atoms with E-state index in [1.807, 2.05) is 0 Å². The second kappa shape index (κ2) is 3.02. The quantitative estimate of drug-likeness (QED) is 0.605. The Hall–Kier alpha value is -1.23. The number of aliphatic carboxylic acids is 1. The summed E-state index contributed by atoms with van der Waals surface area (Å²) in [5.74, 6) is -1.01. The smallest absolute Gasteiger partial charge is 0.320 e. The molecule has 0 saturated heterocycles. The van der Waals surface area contributed by atoms with Crippen molar-refractivity contribution in [1.29, 1.82) is 0 Å². The van der Waals surface area contributed by atoms with Gasteiger partial charge in [-0.15, -0.1) is 0 Å². The molecule has 5 heteroatoms. The van der Waals surface area contributed by atoms with Crippen molar-refractivity contribution < 1.29 is 9.90 Å². The Morgan fingerprint density at radius 3 is 2.92 bits per heavy atom. The predicted molar refractivity (Wildman–Crippen MR) is 45.6 cm³/mol. The van der Waals surface area contributed by atoms with Gasteiger partial charge in [0, 0.05) is 12.6 Å². The van der Waals surface area contributed by atoms with Crippen LogP contribution < -0.4 is 5.73 Å². The van der Waals surface area contributed by atoms with E-state index in [4.69, 9.17) is 10.8 Å². The second-order valence-corrected chi connectivity index (χ2v) is 3.03. The number of rotatable bonds is 3. The molecule has 1 aliphatic heterocycles. The van der Waals surface area contributed by atoms with Gasteiger partial charge < -0.3 is 10.8 Å². The Balaban J connectivity index is 2.56. The van der Waals surface area contributed by atoms with Gasteiger partial charge in [0.15, 0.2) is 0 Å². The largest absolute Gasteiger partial charge is 0.480 e. The normalized spacial score (nSPS) is 29.2. The average molecular weight is 169 g/mol. The molecule has 0 aliphatic carbocycles. The fraction of sp³-hybridized carbons (Fsp3) is 0.571. The van der Waals surface area contributed by atoms with Gasteiger partial charge in [-0.1, -0.05) is 0 Å². The van der Waals surface area contributed by atoms with Gasteiger partial charge in [-0.3, -0.25) is 9.79 Å². The molecule has 0 spiro atoms. The number of nitrogens with two attached hydrogens (primary N) is 1. The monoisotopic (exact) mass is 169 g/mol. The van der Waals surface area contributed by atoms with E-state index in [0.29, 0.717) is 0 Å². The van der Waals surface area contributed by atoms with Gasteiger partial charge in [0.05, 0.1) is 5.54 Å². The summed E-state index contributed by atoms with van der Waals surface area (Å²) < 4.78 is 0. The minimum Gasteiger partial charge on any atom is -0.480 e. The molecule has 1 rings (SSSR count). The maximum atomic E-state index is 10.4. The minimum absolute atomic E-state index is 0.280. The molecule has 0 saturated carbocycles. The van der Waals surface area contributed by atoms with Crippen LogP contribution in [0.2, 0.25) is 0 Å². The summed E-state index contributed by atoms with van der Waals surface area (Å²) in [6.45, 7) is 1.79. The van der Waals surface area contributed by atoms with E-state index in [2.05, 4.69) is 9.98 Å². The average Bonchev–Trinajstić information content (AvgIpc) is 2.35. The molecule has 5 nitrogen and oxygen atoms in total. The van der Waals surface area contributed by atoms with Crippen molar-refractivity contribution in [3.05, 3.63) is 0 Å². The highest BCUT2D eigenvalue weighted by atomic mass is 16.4. The van der Waals surface area contributed by atoms with Crippen LogP contribution >= 0.6 is 0 Å².